The standard InChI is InChI=1S/C24H34N2O6/c1-22(2,3)14-23(4,5)26-10-7-9-24-17(16-15(32-24)8-6-13-31-21(16)30)19(28)25(11-12-27)18(24)20(26)29/h6-9,15-18,27H,10-14H2,1-5H3/t15-,16+,17-,18?,24-/m0/s1. The maximum Gasteiger partial charge on any atom is 0.313 e. The van der Waals surface area contributed by atoms with Crippen molar-refractivity contribution in [1.29, 1.82) is 0 Å². The molecule has 4 heterocycles. The van der Waals surface area contributed by atoms with E-state index in [1.165, 1.54) is 4.90 Å². The maximum absolute atomic E-state index is 14.1. The molecule has 1 spiro atoms. The van der Waals surface area contributed by atoms with Crippen molar-refractivity contribution in [2.75, 3.05) is 26.3 Å². The number of amides is 2. The third-order valence-electron chi connectivity index (χ3n) is 6.95. The Kier molecular flexibility index (Phi) is 5.53. The smallest absolute Gasteiger partial charge is 0.313 e. The van der Waals surface area contributed by atoms with Crippen LogP contribution in [0.2, 0.25) is 0 Å². The number of β-amino-alcohol motifs (C(OH)–C–C–N with tert-alkyl or cyclic N) is 1. The van der Waals surface area contributed by atoms with Gasteiger partial charge in [0.1, 0.15) is 24.2 Å². The molecule has 2 saturated heterocycles. The first-order valence-corrected chi connectivity index (χ1v) is 11.3. The van der Waals surface area contributed by atoms with Crippen LogP contribution >= 0.6 is 0 Å². The van der Waals surface area contributed by atoms with Gasteiger partial charge in [0.2, 0.25) is 11.8 Å². The summed E-state index contributed by atoms with van der Waals surface area (Å²) < 4.78 is 11.7. The first kappa shape index (κ1) is 23.0. The second-order valence-corrected chi connectivity index (χ2v) is 11.1. The van der Waals surface area contributed by atoms with Gasteiger partial charge in [-0.1, -0.05) is 39.0 Å². The van der Waals surface area contributed by atoms with Gasteiger partial charge in [0.25, 0.3) is 0 Å². The van der Waals surface area contributed by atoms with E-state index in [4.69, 9.17) is 9.47 Å². The fraction of sp³-hybridized carbons (Fsp3) is 0.708. The van der Waals surface area contributed by atoms with Crippen LogP contribution in [0.4, 0.5) is 0 Å². The van der Waals surface area contributed by atoms with Crippen molar-refractivity contribution in [2.45, 2.75) is 64.3 Å². The zero-order chi connectivity index (χ0) is 23.5. The van der Waals surface area contributed by atoms with Crippen LogP contribution in [0.5, 0.6) is 0 Å². The van der Waals surface area contributed by atoms with Gasteiger partial charge >= 0.3 is 5.97 Å². The highest BCUT2D eigenvalue weighted by Crippen LogP contribution is 2.53. The minimum atomic E-state index is -1.27. The van der Waals surface area contributed by atoms with E-state index in [0.717, 1.165) is 6.42 Å². The number of cyclic esters (lactones) is 1. The van der Waals surface area contributed by atoms with Crippen molar-refractivity contribution < 1.29 is 29.0 Å². The van der Waals surface area contributed by atoms with Gasteiger partial charge < -0.3 is 24.4 Å². The van der Waals surface area contributed by atoms with Crippen molar-refractivity contribution >= 4 is 17.8 Å². The van der Waals surface area contributed by atoms with E-state index in [2.05, 4.69) is 20.8 Å². The predicted molar refractivity (Wildman–Crippen MR) is 116 cm³/mol. The lowest BCUT2D eigenvalue weighted by molar-refractivity contribution is -0.154. The predicted octanol–water partition coefficient (Wildman–Crippen LogP) is 1.29. The highest BCUT2D eigenvalue weighted by molar-refractivity contribution is 5.99. The van der Waals surface area contributed by atoms with Gasteiger partial charge in [-0.2, -0.15) is 0 Å². The van der Waals surface area contributed by atoms with Crippen LogP contribution in [-0.2, 0) is 23.9 Å². The normalized spacial score (nSPS) is 34.8. The number of carbonyl (C=O) groups is 3. The summed E-state index contributed by atoms with van der Waals surface area (Å²) in [5.41, 5.74) is -1.76. The quantitative estimate of drug-likeness (QED) is 0.516. The van der Waals surface area contributed by atoms with Gasteiger partial charge in [0, 0.05) is 18.6 Å². The van der Waals surface area contributed by atoms with E-state index < -0.39 is 41.1 Å². The Labute approximate surface area is 189 Å². The molecule has 0 radical (unpaired) electrons. The zero-order valence-corrected chi connectivity index (χ0v) is 19.5. The molecule has 4 aliphatic rings. The van der Waals surface area contributed by atoms with Crippen molar-refractivity contribution in [3.63, 3.8) is 0 Å². The first-order chi connectivity index (χ1) is 14.9. The van der Waals surface area contributed by atoms with Crippen LogP contribution in [0.3, 0.4) is 0 Å². The topological polar surface area (TPSA) is 96.4 Å². The largest absolute Gasteiger partial charge is 0.461 e. The molecule has 4 rings (SSSR count). The number of likely N-dealkylation sites (tertiary alicyclic amines) is 1. The zero-order valence-electron chi connectivity index (χ0n) is 19.5. The molecule has 2 fully saturated rings. The summed E-state index contributed by atoms with van der Waals surface area (Å²) in [5, 5.41) is 9.68. The summed E-state index contributed by atoms with van der Waals surface area (Å²) in [6.07, 6.45) is 7.28. The number of aliphatic hydroxyl groups is 1. The van der Waals surface area contributed by atoms with Crippen molar-refractivity contribution in [3.8, 4) is 0 Å². The van der Waals surface area contributed by atoms with Crippen LogP contribution in [0.1, 0.15) is 41.0 Å². The third kappa shape index (κ3) is 3.48. The molecule has 8 heteroatoms. The molecule has 8 nitrogen and oxygen atoms in total. The number of ether oxygens (including phenoxy) is 2. The molecule has 1 unspecified atom stereocenters. The Bertz CT molecular complexity index is 872. The number of hydrogen-bond donors (Lipinski definition) is 1. The number of carbonyl (C=O) groups excluding carboxylic acids is 3. The lowest BCUT2D eigenvalue weighted by Gasteiger charge is -2.44. The van der Waals surface area contributed by atoms with Crippen molar-refractivity contribution in [3.05, 3.63) is 24.3 Å². The molecule has 176 valence electrons. The van der Waals surface area contributed by atoms with Crippen molar-refractivity contribution in [1.82, 2.24) is 9.80 Å². The van der Waals surface area contributed by atoms with Gasteiger partial charge in [0.05, 0.1) is 18.6 Å². The Hall–Kier alpha value is -2.19. The van der Waals surface area contributed by atoms with E-state index in [9.17, 15) is 19.5 Å². The minimum Gasteiger partial charge on any atom is -0.461 e. The van der Waals surface area contributed by atoms with Crippen LogP contribution in [-0.4, -0.2) is 82.3 Å². The summed E-state index contributed by atoms with van der Waals surface area (Å²) in [6, 6.07) is -0.946. The van der Waals surface area contributed by atoms with Gasteiger partial charge in [-0.05, 0) is 31.8 Å². The second-order valence-electron chi connectivity index (χ2n) is 11.1. The molecule has 0 aromatic heterocycles. The van der Waals surface area contributed by atoms with Crippen LogP contribution in [0.25, 0.3) is 0 Å². The van der Waals surface area contributed by atoms with Gasteiger partial charge in [0.15, 0.2) is 0 Å². The number of aliphatic hydroxyl groups excluding tert-OH is 1. The maximum atomic E-state index is 14.1. The van der Waals surface area contributed by atoms with E-state index >= 15 is 0 Å². The monoisotopic (exact) mass is 446 g/mol. The molecular weight excluding hydrogens is 412 g/mol. The Morgan fingerprint density at radius 1 is 1.12 bits per heavy atom. The molecule has 4 aliphatic heterocycles. The van der Waals surface area contributed by atoms with Gasteiger partial charge in [-0.25, -0.2) is 0 Å². The Morgan fingerprint density at radius 3 is 2.50 bits per heavy atom. The van der Waals surface area contributed by atoms with Crippen LogP contribution in [0, 0.1) is 17.3 Å². The SMILES string of the molecule is CC(C)(C)CC(C)(C)N1CC=C[C@]23O[C@H]4C=CCOC(=O)[C@H]4[C@H]2C(=O)N(CCO)C3C1=O. The highest BCUT2D eigenvalue weighted by Gasteiger charge is 2.72. The molecule has 2 amide bonds. The first-order valence-electron chi connectivity index (χ1n) is 11.3. The molecule has 32 heavy (non-hydrogen) atoms. The van der Waals surface area contributed by atoms with E-state index in [-0.39, 0.29) is 37.0 Å². The number of nitrogens with zero attached hydrogens (tertiary/aromatic N) is 2. The third-order valence-corrected chi connectivity index (χ3v) is 6.95. The van der Waals surface area contributed by atoms with Gasteiger partial charge in [-0.15, -0.1) is 0 Å². The number of rotatable bonds is 4. The van der Waals surface area contributed by atoms with Gasteiger partial charge in [-0.3, -0.25) is 14.4 Å². The highest BCUT2D eigenvalue weighted by atomic mass is 16.6. The molecular formula is C24H34N2O6. The van der Waals surface area contributed by atoms with Crippen LogP contribution < -0.4 is 0 Å². The summed E-state index contributed by atoms with van der Waals surface area (Å²) in [5.74, 6) is -2.75. The average molecular weight is 447 g/mol. The summed E-state index contributed by atoms with van der Waals surface area (Å²) in [6.45, 7) is 10.7. The van der Waals surface area contributed by atoms with Crippen LogP contribution in [0.15, 0.2) is 24.3 Å². The molecule has 0 aromatic carbocycles. The summed E-state index contributed by atoms with van der Waals surface area (Å²) in [4.78, 5) is 43.7. The molecule has 1 N–H and O–H groups in total. The van der Waals surface area contributed by atoms with E-state index in [1.54, 1.807) is 23.1 Å². The molecule has 0 aromatic rings. The summed E-state index contributed by atoms with van der Waals surface area (Å²) >= 11 is 0. The van der Waals surface area contributed by atoms with Crippen molar-refractivity contribution in [2.24, 2.45) is 17.3 Å². The Balaban J connectivity index is 1.79. The molecule has 5 atom stereocenters. The summed E-state index contributed by atoms with van der Waals surface area (Å²) in [7, 11) is 0. The lowest BCUT2D eigenvalue weighted by Crippen LogP contribution is -2.60. The molecule has 0 bridgehead atoms. The molecule has 0 aliphatic carbocycles. The van der Waals surface area contributed by atoms with E-state index in [0.29, 0.717) is 6.54 Å². The number of fused-ring (bicyclic) bond motifs is 2. The second kappa shape index (κ2) is 7.70. The lowest BCUT2D eigenvalue weighted by atomic mass is 9.77. The number of esters is 1. The average Bonchev–Trinajstić information content (AvgIpc) is 2.94. The molecule has 0 saturated carbocycles. The minimum absolute atomic E-state index is 0.000499. The van der Waals surface area contributed by atoms with E-state index in [1.807, 2.05) is 19.9 Å². The Morgan fingerprint density at radius 2 is 1.84 bits per heavy atom. The number of hydrogen-bond acceptors (Lipinski definition) is 6. The fourth-order valence-electron chi connectivity index (χ4n) is 6.25. The fourth-order valence-corrected chi connectivity index (χ4v) is 6.25.